The zero-order valence-corrected chi connectivity index (χ0v) is 14.6. The van der Waals surface area contributed by atoms with Crippen LogP contribution in [-0.4, -0.2) is 75.9 Å². The normalized spacial score (nSPS) is 25.7. The summed E-state index contributed by atoms with van der Waals surface area (Å²) in [5.41, 5.74) is 1.02. The maximum atomic E-state index is 12.7. The number of fused-ring (bicyclic) bond motifs is 2. The summed E-state index contributed by atoms with van der Waals surface area (Å²) < 4.78 is 0. The van der Waals surface area contributed by atoms with E-state index in [4.69, 9.17) is 0 Å². The molecule has 0 radical (unpaired) electrons. The van der Waals surface area contributed by atoms with Crippen molar-refractivity contribution in [2.45, 2.75) is 18.6 Å². The van der Waals surface area contributed by atoms with Gasteiger partial charge in [0, 0.05) is 25.4 Å². The van der Waals surface area contributed by atoms with E-state index in [2.05, 4.69) is 5.32 Å². The van der Waals surface area contributed by atoms with E-state index in [1.165, 1.54) is 0 Å². The largest absolute Gasteiger partial charge is 0.334 e. The van der Waals surface area contributed by atoms with E-state index >= 15 is 0 Å². The fourth-order valence-corrected chi connectivity index (χ4v) is 4.73. The molecule has 0 unspecified atom stereocenters. The Kier molecular flexibility index (Phi) is 4.29. The van der Waals surface area contributed by atoms with Crippen molar-refractivity contribution in [3.05, 3.63) is 35.9 Å². The van der Waals surface area contributed by atoms with Crippen LogP contribution in [0, 0.1) is 0 Å². The molecule has 2 atom stereocenters. The molecule has 0 bridgehead atoms. The molecular weight excluding hydrogens is 340 g/mol. The van der Waals surface area contributed by atoms with E-state index < -0.39 is 6.04 Å². The Balaban J connectivity index is 1.40. The van der Waals surface area contributed by atoms with Gasteiger partial charge in [0.25, 0.3) is 0 Å². The Bertz CT molecular complexity index is 698. The van der Waals surface area contributed by atoms with Crippen LogP contribution in [0.3, 0.4) is 0 Å². The molecule has 3 heterocycles. The predicted octanol–water partition coefficient (Wildman–Crippen LogP) is 0.324. The average molecular weight is 360 g/mol. The highest BCUT2D eigenvalue weighted by Gasteiger charge is 2.50. The lowest BCUT2D eigenvalue weighted by Crippen LogP contribution is -2.70. The van der Waals surface area contributed by atoms with E-state index in [9.17, 15) is 14.4 Å². The first-order chi connectivity index (χ1) is 12.1. The number of thioether (sulfide) groups is 1. The predicted molar refractivity (Wildman–Crippen MR) is 93.7 cm³/mol. The SMILES string of the molecule is O=C(NCc1ccccc1)N1CCN2C(=O)[C@@H]3CSCN3C(=O)[C@H]2C1. The molecule has 1 N–H and O–H groups in total. The van der Waals surface area contributed by atoms with Crippen LogP contribution in [0.1, 0.15) is 5.56 Å². The van der Waals surface area contributed by atoms with Gasteiger partial charge in [-0.25, -0.2) is 4.79 Å². The number of hydrogen-bond donors (Lipinski definition) is 1. The van der Waals surface area contributed by atoms with E-state index in [1.807, 2.05) is 30.3 Å². The number of hydrogen-bond acceptors (Lipinski definition) is 4. The van der Waals surface area contributed by atoms with Crippen LogP contribution in [0.2, 0.25) is 0 Å². The van der Waals surface area contributed by atoms with Gasteiger partial charge in [-0.3, -0.25) is 9.59 Å². The van der Waals surface area contributed by atoms with Gasteiger partial charge in [0.1, 0.15) is 12.1 Å². The third kappa shape index (κ3) is 2.95. The van der Waals surface area contributed by atoms with Gasteiger partial charge in [0.2, 0.25) is 11.8 Å². The maximum Gasteiger partial charge on any atom is 0.317 e. The Morgan fingerprint density at radius 1 is 1.08 bits per heavy atom. The van der Waals surface area contributed by atoms with Gasteiger partial charge in [-0.2, -0.15) is 0 Å². The number of urea groups is 1. The highest BCUT2D eigenvalue weighted by molar-refractivity contribution is 7.99. The van der Waals surface area contributed by atoms with Gasteiger partial charge in [-0.1, -0.05) is 30.3 Å². The number of amides is 4. The molecule has 3 saturated heterocycles. The fraction of sp³-hybridized carbons (Fsp3) is 0.471. The van der Waals surface area contributed by atoms with Crippen molar-refractivity contribution < 1.29 is 14.4 Å². The zero-order chi connectivity index (χ0) is 17.4. The van der Waals surface area contributed by atoms with E-state index in [1.54, 1.807) is 26.5 Å². The summed E-state index contributed by atoms with van der Waals surface area (Å²) in [7, 11) is 0. The minimum atomic E-state index is -0.543. The van der Waals surface area contributed by atoms with Crippen LogP contribution in [0.15, 0.2) is 30.3 Å². The van der Waals surface area contributed by atoms with Crippen molar-refractivity contribution in [3.8, 4) is 0 Å². The van der Waals surface area contributed by atoms with Crippen molar-refractivity contribution in [1.82, 2.24) is 20.0 Å². The molecule has 3 fully saturated rings. The number of carbonyl (C=O) groups is 3. The molecular formula is C17H20N4O3S. The van der Waals surface area contributed by atoms with Crippen LogP contribution in [0.5, 0.6) is 0 Å². The zero-order valence-electron chi connectivity index (χ0n) is 13.8. The molecule has 132 valence electrons. The van der Waals surface area contributed by atoms with Crippen molar-refractivity contribution in [1.29, 1.82) is 0 Å². The summed E-state index contributed by atoms with van der Waals surface area (Å²) in [6.45, 7) is 1.58. The lowest BCUT2D eigenvalue weighted by molar-refractivity contribution is -0.161. The molecule has 8 heteroatoms. The third-order valence-electron chi connectivity index (χ3n) is 4.97. The standard InChI is InChI=1S/C17H20N4O3S/c22-15-13-9-19(17(24)18-8-12-4-2-1-3-5-12)6-7-20(13)16(23)14-10-25-11-21(14)15/h1-5,13-14H,6-11H2,(H,18,24)/t13-,14+/m1/s1. The molecule has 0 aromatic heterocycles. The molecule has 1 aromatic carbocycles. The van der Waals surface area contributed by atoms with E-state index in [-0.39, 0.29) is 30.4 Å². The molecule has 0 aliphatic carbocycles. The fourth-order valence-electron chi connectivity index (χ4n) is 3.58. The number of nitrogens with zero attached hydrogens (tertiary/aromatic N) is 3. The second-order valence-corrected chi connectivity index (χ2v) is 7.46. The number of nitrogens with one attached hydrogen (secondary N) is 1. The molecule has 7 nitrogen and oxygen atoms in total. The number of carbonyl (C=O) groups excluding carboxylic acids is 3. The van der Waals surface area contributed by atoms with E-state index in [0.29, 0.717) is 31.3 Å². The van der Waals surface area contributed by atoms with Gasteiger partial charge < -0.3 is 20.0 Å². The molecule has 3 aliphatic heterocycles. The summed E-state index contributed by atoms with van der Waals surface area (Å²) in [6.07, 6.45) is 0. The highest BCUT2D eigenvalue weighted by atomic mass is 32.2. The quantitative estimate of drug-likeness (QED) is 0.825. The summed E-state index contributed by atoms with van der Waals surface area (Å²) >= 11 is 1.61. The van der Waals surface area contributed by atoms with Gasteiger partial charge in [0.05, 0.1) is 12.4 Å². The summed E-state index contributed by atoms with van der Waals surface area (Å²) in [4.78, 5) is 42.7. The lowest BCUT2D eigenvalue weighted by Gasteiger charge is -2.47. The molecule has 4 amide bonds. The Labute approximate surface area is 150 Å². The second-order valence-electron chi connectivity index (χ2n) is 6.46. The van der Waals surface area contributed by atoms with Gasteiger partial charge in [-0.15, -0.1) is 11.8 Å². The van der Waals surface area contributed by atoms with Crippen LogP contribution in [0.4, 0.5) is 4.79 Å². The minimum absolute atomic E-state index is 0.0268. The van der Waals surface area contributed by atoms with Crippen molar-refractivity contribution in [2.24, 2.45) is 0 Å². The van der Waals surface area contributed by atoms with Crippen LogP contribution in [-0.2, 0) is 16.1 Å². The topological polar surface area (TPSA) is 73.0 Å². The highest BCUT2D eigenvalue weighted by Crippen LogP contribution is 2.30. The average Bonchev–Trinajstić information content (AvgIpc) is 3.15. The molecule has 0 saturated carbocycles. The van der Waals surface area contributed by atoms with Crippen LogP contribution in [0.25, 0.3) is 0 Å². The molecule has 4 rings (SSSR count). The summed E-state index contributed by atoms with van der Waals surface area (Å²) in [5.74, 6) is 1.24. The van der Waals surface area contributed by atoms with Crippen LogP contribution < -0.4 is 5.32 Å². The summed E-state index contributed by atoms with van der Waals surface area (Å²) in [6, 6.07) is 8.64. The molecule has 1 aromatic rings. The minimum Gasteiger partial charge on any atom is -0.334 e. The lowest BCUT2D eigenvalue weighted by atomic mass is 10.0. The van der Waals surface area contributed by atoms with Crippen LogP contribution >= 0.6 is 11.8 Å². The van der Waals surface area contributed by atoms with Crippen molar-refractivity contribution in [2.75, 3.05) is 31.3 Å². The van der Waals surface area contributed by atoms with Crippen molar-refractivity contribution in [3.63, 3.8) is 0 Å². The summed E-state index contributed by atoms with van der Waals surface area (Å²) in [5, 5.41) is 2.89. The Morgan fingerprint density at radius 2 is 1.84 bits per heavy atom. The third-order valence-corrected chi connectivity index (χ3v) is 5.98. The van der Waals surface area contributed by atoms with Gasteiger partial charge in [-0.05, 0) is 5.56 Å². The number of rotatable bonds is 2. The van der Waals surface area contributed by atoms with Gasteiger partial charge in [0.15, 0.2) is 0 Å². The maximum absolute atomic E-state index is 12.7. The van der Waals surface area contributed by atoms with Gasteiger partial charge >= 0.3 is 6.03 Å². The monoisotopic (exact) mass is 360 g/mol. The second kappa shape index (κ2) is 6.59. The first kappa shape index (κ1) is 16.3. The first-order valence-electron chi connectivity index (χ1n) is 8.40. The molecule has 0 spiro atoms. The first-order valence-corrected chi connectivity index (χ1v) is 9.56. The molecule has 3 aliphatic rings. The number of piperazine rings is 2. The Morgan fingerprint density at radius 3 is 2.64 bits per heavy atom. The van der Waals surface area contributed by atoms with E-state index in [0.717, 1.165) is 5.56 Å². The molecule has 25 heavy (non-hydrogen) atoms. The smallest absolute Gasteiger partial charge is 0.317 e. The number of benzene rings is 1. The Hall–Kier alpha value is -2.22. The van der Waals surface area contributed by atoms with Crippen molar-refractivity contribution >= 4 is 29.6 Å².